The SMILES string of the molecule is CC1(C)CC(=O)c2sc(NC(=O)CCc3ccc(OC(F)F)cc3)nc2C1. The first-order chi connectivity index (χ1) is 12.7. The number of nitrogens with zero attached hydrogens (tertiary/aromatic N) is 1. The molecule has 1 amide bonds. The Labute approximate surface area is 159 Å². The van der Waals surface area contributed by atoms with Crippen LogP contribution in [0.4, 0.5) is 13.9 Å². The van der Waals surface area contributed by atoms with Gasteiger partial charge in [-0.05, 0) is 36.0 Å². The van der Waals surface area contributed by atoms with Crippen molar-refractivity contribution in [3.05, 3.63) is 40.4 Å². The van der Waals surface area contributed by atoms with Crippen molar-refractivity contribution in [1.29, 1.82) is 0 Å². The first kappa shape index (κ1) is 19.4. The maximum Gasteiger partial charge on any atom is 0.387 e. The van der Waals surface area contributed by atoms with Gasteiger partial charge in [-0.15, -0.1) is 0 Å². The highest BCUT2D eigenvalue weighted by atomic mass is 32.1. The summed E-state index contributed by atoms with van der Waals surface area (Å²) in [7, 11) is 0. The van der Waals surface area contributed by atoms with Gasteiger partial charge < -0.3 is 10.1 Å². The van der Waals surface area contributed by atoms with Crippen LogP contribution in [0.15, 0.2) is 24.3 Å². The molecule has 27 heavy (non-hydrogen) atoms. The Morgan fingerprint density at radius 3 is 2.67 bits per heavy atom. The standard InChI is InChI=1S/C19H20F2N2O3S/c1-19(2)9-13-16(14(24)10-19)27-18(22-13)23-15(25)8-5-11-3-6-12(7-4-11)26-17(20)21/h3-4,6-7,17H,5,8-10H2,1-2H3,(H,22,23,25). The van der Waals surface area contributed by atoms with Gasteiger partial charge in [0.25, 0.3) is 0 Å². The second kappa shape index (κ2) is 7.72. The normalized spacial score (nSPS) is 15.5. The quantitative estimate of drug-likeness (QED) is 0.785. The molecule has 3 rings (SSSR count). The van der Waals surface area contributed by atoms with Gasteiger partial charge in [0.1, 0.15) is 5.75 Å². The van der Waals surface area contributed by atoms with Crippen LogP contribution in [0.2, 0.25) is 0 Å². The molecule has 0 radical (unpaired) electrons. The first-order valence-electron chi connectivity index (χ1n) is 8.58. The molecule has 0 bridgehead atoms. The van der Waals surface area contributed by atoms with Crippen molar-refractivity contribution in [3.8, 4) is 5.75 Å². The average Bonchev–Trinajstić information content (AvgIpc) is 2.95. The number of carbonyl (C=O) groups is 2. The van der Waals surface area contributed by atoms with Gasteiger partial charge in [0.2, 0.25) is 5.91 Å². The molecule has 0 fully saturated rings. The van der Waals surface area contributed by atoms with E-state index in [0.717, 1.165) is 11.3 Å². The molecule has 0 saturated heterocycles. The molecular formula is C19H20F2N2O3S. The van der Waals surface area contributed by atoms with E-state index in [1.54, 1.807) is 12.1 Å². The van der Waals surface area contributed by atoms with Crippen molar-refractivity contribution in [1.82, 2.24) is 4.98 Å². The fraction of sp³-hybridized carbons (Fsp3) is 0.421. The summed E-state index contributed by atoms with van der Waals surface area (Å²) in [4.78, 5) is 29.4. The number of aromatic nitrogens is 1. The lowest BCUT2D eigenvalue weighted by Gasteiger charge is -2.26. The summed E-state index contributed by atoms with van der Waals surface area (Å²) in [5, 5.41) is 3.19. The minimum atomic E-state index is -2.86. The van der Waals surface area contributed by atoms with Crippen LogP contribution in [0.25, 0.3) is 0 Å². The number of nitrogens with one attached hydrogen (secondary N) is 1. The molecule has 1 aliphatic carbocycles. The van der Waals surface area contributed by atoms with Gasteiger partial charge in [0.15, 0.2) is 10.9 Å². The van der Waals surface area contributed by atoms with Crippen molar-refractivity contribution in [2.75, 3.05) is 5.32 Å². The molecule has 1 aliphatic rings. The van der Waals surface area contributed by atoms with Crippen molar-refractivity contribution in [3.63, 3.8) is 0 Å². The number of alkyl halides is 2. The van der Waals surface area contributed by atoms with Gasteiger partial charge in [0.05, 0.1) is 10.6 Å². The fourth-order valence-electron chi connectivity index (χ4n) is 3.05. The molecule has 1 aromatic carbocycles. The van der Waals surface area contributed by atoms with Crippen LogP contribution in [0.5, 0.6) is 5.75 Å². The number of aryl methyl sites for hydroxylation is 1. The van der Waals surface area contributed by atoms with Crippen LogP contribution in [-0.2, 0) is 17.6 Å². The Hall–Kier alpha value is -2.35. The van der Waals surface area contributed by atoms with Gasteiger partial charge >= 0.3 is 6.61 Å². The highest BCUT2D eigenvalue weighted by Crippen LogP contribution is 2.38. The van der Waals surface area contributed by atoms with E-state index < -0.39 is 6.61 Å². The van der Waals surface area contributed by atoms with E-state index in [4.69, 9.17) is 0 Å². The summed E-state index contributed by atoms with van der Waals surface area (Å²) in [6.07, 6.45) is 1.88. The molecule has 0 spiro atoms. The fourth-order valence-corrected chi connectivity index (χ4v) is 3.99. The minimum absolute atomic E-state index is 0.0744. The third kappa shape index (κ3) is 5.09. The zero-order chi connectivity index (χ0) is 19.6. The van der Waals surface area contributed by atoms with Gasteiger partial charge in [-0.2, -0.15) is 8.78 Å². The number of hydrogen-bond donors (Lipinski definition) is 1. The predicted molar refractivity (Wildman–Crippen MR) is 98.6 cm³/mol. The minimum Gasteiger partial charge on any atom is -0.435 e. The first-order valence-corrected chi connectivity index (χ1v) is 9.40. The predicted octanol–water partition coefficient (Wildman–Crippen LogP) is 4.47. The summed E-state index contributed by atoms with van der Waals surface area (Å²) in [5.74, 6) is -0.0507. The smallest absolute Gasteiger partial charge is 0.387 e. The second-order valence-corrected chi connectivity index (χ2v) is 8.31. The van der Waals surface area contributed by atoms with Crippen molar-refractivity contribution >= 4 is 28.2 Å². The van der Waals surface area contributed by atoms with E-state index in [-0.39, 0.29) is 29.3 Å². The third-order valence-corrected chi connectivity index (χ3v) is 5.33. The van der Waals surface area contributed by atoms with E-state index in [9.17, 15) is 18.4 Å². The maximum absolute atomic E-state index is 12.2. The van der Waals surface area contributed by atoms with Gasteiger partial charge in [0, 0.05) is 12.8 Å². The van der Waals surface area contributed by atoms with E-state index in [1.807, 2.05) is 13.8 Å². The number of ether oxygens (including phenoxy) is 1. The summed E-state index contributed by atoms with van der Waals surface area (Å²) < 4.78 is 28.6. The third-order valence-electron chi connectivity index (χ3n) is 4.27. The number of benzene rings is 1. The van der Waals surface area contributed by atoms with Gasteiger partial charge in [-0.3, -0.25) is 9.59 Å². The van der Waals surface area contributed by atoms with E-state index in [1.165, 1.54) is 23.5 Å². The zero-order valence-corrected chi connectivity index (χ0v) is 15.9. The number of anilines is 1. The van der Waals surface area contributed by atoms with Crippen LogP contribution >= 0.6 is 11.3 Å². The second-order valence-electron chi connectivity index (χ2n) is 7.31. The Balaban J connectivity index is 1.55. The number of carbonyl (C=O) groups excluding carboxylic acids is 2. The number of thiazole rings is 1. The number of rotatable bonds is 6. The number of halogens is 2. The molecular weight excluding hydrogens is 374 g/mol. The van der Waals surface area contributed by atoms with Crippen molar-refractivity contribution < 1.29 is 23.1 Å². The highest BCUT2D eigenvalue weighted by molar-refractivity contribution is 7.17. The molecule has 8 heteroatoms. The van der Waals surface area contributed by atoms with Crippen molar-refractivity contribution in [2.24, 2.45) is 5.41 Å². The molecule has 2 aromatic rings. The summed E-state index contributed by atoms with van der Waals surface area (Å²) in [5.41, 5.74) is 1.48. The lowest BCUT2D eigenvalue weighted by molar-refractivity contribution is -0.116. The number of ketones is 1. The van der Waals surface area contributed by atoms with Crippen LogP contribution in [0.1, 0.15) is 47.6 Å². The lowest BCUT2D eigenvalue weighted by Crippen LogP contribution is -2.26. The van der Waals surface area contributed by atoms with Crippen LogP contribution < -0.4 is 10.1 Å². The van der Waals surface area contributed by atoms with Crippen molar-refractivity contribution in [2.45, 2.75) is 46.1 Å². The Kier molecular flexibility index (Phi) is 5.55. The Bertz CT molecular complexity index is 847. The zero-order valence-electron chi connectivity index (χ0n) is 15.1. The molecule has 0 atom stereocenters. The molecule has 0 unspecified atom stereocenters. The Morgan fingerprint density at radius 1 is 1.30 bits per heavy atom. The molecule has 5 nitrogen and oxygen atoms in total. The van der Waals surface area contributed by atoms with Crippen LogP contribution in [0.3, 0.4) is 0 Å². The number of fused-ring (bicyclic) bond motifs is 1. The number of Topliss-reactive ketones (excluding diaryl/α,β-unsaturated/α-hetero) is 1. The highest BCUT2D eigenvalue weighted by Gasteiger charge is 2.34. The summed E-state index contributed by atoms with van der Waals surface area (Å²) >= 11 is 1.22. The monoisotopic (exact) mass is 394 g/mol. The summed E-state index contributed by atoms with van der Waals surface area (Å²) in [6.45, 7) is 1.20. The number of hydrogen-bond acceptors (Lipinski definition) is 5. The maximum atomic E-state index is 12.2. The van der Waals surface area contributed by atoms with E-state index in [0.29, 0.717) is 29.3 Å². The lowest BCUT2D eigenvalue weighted by atomic mass is 9.78. The van der Waals surface area contributed by atoms with E-state index in [2.05, 4.69) is 15.0 Å². The molecule has 144 valence electrons. The van der Waals surface area contributed by atoms with Crippen LogP contribution in [-0.4, -0.2) is 23.3 Å². The van der Waals surface area contributed by atoms with Gasteiger partial charge in [-0.1, -0.05) is 37.3 Å². The topological polar surface area (TPSA) is 68.3 Å². The number of amides is 1. The van der Waals surface area contributed by atoms with Gasteiger partial charge in [-0.25, -0.2) is 4.98 Å². The molecule has 1 heterocycles. The molecule has 1 aromatic heterocycles. The van der Waals surface area contributed by atoms with Crippen LogP contribution in [0, 0.1) is 5.41 Å². The Morgan fingerprint density at radius 2 is 2.00 bits per heavy atom. The molecule has 1 N–H and O–H groups in total. The average molecular weight is 394 g/mol. The molecule has 0 saturated carbocycles. The molecule has 0 aliphatic heterocycles. The largest absolute Gasteiger partial charge is 0.435 e. The summed E-state index contributed by atoms with van der Waals surface area (Å²) in [6, 6.07) is 6.19. The van der Waals surface area contributed by atoms with E-state index >= 15 is 0 Å².